The van der Waals surface area contributed by atoms with E-state index in [4.69, 9.17) is 5.73 Å². The molecule has 3 rings (SSSR count). The summed E-state index contributed by atoms with van der Waals surface area (Å²) in [5.74, 6) is -0.423. The van der Waals surface area contributed by atoms with Gasteiger partial charge < -0.3 is 10.5 Å². The molecule has 25 heavy (non-hydrogen) atoms. The third-order valence-corrected chi connectivity index (χ3v) is 3.58. The van der Waals surface area contributed by atoms with Crippen molar-refractivity contribution in [3.63, 3.8) is 0 Å². The van der Waals surface area contributed by atoms with Gasteiger partial charge in [0.25, 0.3) is 0 Å². The maximum atomic E-state index is 11.4. The van der Waals surface area contributed by atoms with Crippen molar-refractivity contribution in [3.8, 4) is 11.4 Å². The number of aromatic nitrogens is 4. The van der Waals surface area contributed by atoms with Crippen molar-refractivity contribution in [3.05, 3.63) is 65.2 Å². The summed E-state index contributed by atoms with van der Waals surface area (Å²) in [7, 11) is 1.34. The molecule has 3 aromatic rings. The first-order chi connectivity index (χ1) is 12.1. The average Bonchev–Trinajstić information content (AvgIpc) is 3.10. The van der Waals surface area contributed by atoms with Gasteiger partial charge in [-0.15, -0.1) is 10.2 Å². The van der Waals surface area contributed by atoms with Gasteiger partial charge >= 0.3 is 5.97 Å². The van der Waals surface area contributed by atoms with Gasteiger partial charge in [-0.3, -0.25) is 4.79 Å². The minimum absolute atomic E-state index is 0.382. The Morgan fingerprint density at radius 3 is 2.28 bits per heavy atom. The van der Waals surface area contributed by atoms with Crippen LogP contribution in [0.1, 0.15) is 26.3 Å². The lowest BCUT2D eigenvalue weighted by Crippen LogP contribution is -2.10. The Kier molecular flexibility index (Phi) is 4.51. The Morgan fingerprint density at radius 2 is 1.68 bits per heavy atom. The molecule has 0 fully saturated rings. The topological polar surface area (TPSA) is 113 Å². The zero-order valence-electron chi connectivity index (χ0n) is 13.4. The molecule has 2 aromatic carbocycles. The van der Waals surface area contributed by atoms with Crippen molar-refractivity contribution in [2.75, 3.05) is 7.11 Å². The van der Waals surface area contributed by atoms with Crippen LogP contribution in [0.15, 0.2) is 48.5 Å². The second-order valence-electron chi connectivity index (χ2n) is 5.27. The molecule has 0 atom stereocenters. The highest BCUT2D eigenvalue weighted by Crippen LogP contribution is 2.15. The van der Waals surface area contributed by atoms with E-state index in [0.717, 1.165) is 11.1 Å². The van der Waals surface area contributed by atoms with Crippen molar-refractivity contribution in [2.45, 2.75) is 6.54 Å². The first-order valence-corrected chi connectivity index (χ1v) is 7.42. The summed E-state index contributed by atoms with van der Waals surface area (Å²) >= 11 is 0. The molecule has 2 N–H and O–H groups in total. The van der Waals surface area contributed by atoms with E-state index in [2.05, 4.69) is 20.1 Å². The average molecular weight is 337 g/mol. The van der Waals surface area contributed by atoms with Crippen LogP contribution in [0.3, 0.4) is 0 Å². The first kappa shape index (κ1) is 16.3. The third kappa shape index (κ3) is 3.69. The van der Waals surface area contributed by atoms with Crippen LogP contribution in [0.4, 0.5) is 0 Å². The molecule has 1 aromatic heterocycles. The van der Waals surface area contributed by atoms with Crippen molar-refractivity contribution in [1.82, 2.24) is 20.2 Å². The fourth-order valence-corrected chi connectivity index (χ4v) is 2.24. The minimum Gasteiger partial charge on any atom is -0.465 e. The number of hydrogen-bond donors (Lipinski definition) is 1. The predicted octanol–water partition coefficient (Wildman–Crippen LogP) is 1.27. The molecule has 0 radical (unpaired) electrons. The molecule has 1 amide bonds. The van der Waals surface area contributed by atoms with Crippen molar-refractivity contribution < 1.29 is 14.3 Å². The minimum atomic E-state index is -0.487. The summed E-state index contributed by atoms with van der Waals surface area (Å²) in [6.45, 7) is 0.411. The number of tetrazole rings is 1. The molecule has 0 unspecified atom stereocenters. The lowest BCUT2D eigenvalue weighted by atomic mass is 10.1. The number of rotatable bonds is 5. The summed E-state index contributed by atoms with van der Waals surface area (Å²) in [5, 5.41) is 12.3. The number of methoxy groups -OCH3 is 1. The lowest BCUT2D eigenvalue weighted by Gasteiger charge is -2.02. The lowest BCUT2D eigenvalue weighted by molar-refractivity contribution is 0.0600. The molecule has 8 nitrogen and oxygen atoms in total. The summed E-state index contributed by atoms with van der Waals surface area (Å²) in [6, 6.07) is 13.6. The van der Waals surface area contributed by atoms with Gasteiger partial charge in [0.15, 0.2) is 0 Å². The van der Waals surface area contributed by atoms with Crippen molar-refractivity contribution in [2.24, 2.45) is 5.73 Å². The van der Waals surface area contributed by atoms with Crippen molar-refractivity contribution in [1.29, 1.82) is 0 Å². The molecule has 0 saturated heterocycles. The van der Waals surface area contributed by atoms with E-state index < -0.39 is 5.91 Å². The molecule has 1 heterocycles. The van der Waals surface area contributed by atoms with E-state index in [1.165, 1.54) is 11.9 Å². The Morgan fingerprint density at radius 1 is 1.04 bits per heavy atom. The van der Waals surface area contributed by atoms with Crippen molar-refractivity contribution >= 4 is 11.9 Å². The number of nitrogens with two attached hydrogens (primary N) is 1. The zero-order chi connectivity index (χ0) is 17.8. The maximum absolute atomic E-state index is 11.4. The molecule has 0 bridgehead atoms. The van der Waals surface area contributed by atoms with E-state index in [9.17, 15) is 9.59 Å². The van der Waals surface area contributed by atoms with Crippen LogP contribution in [0, 0.1) is 0 Å². The molecule has 0 aliphatic rings. The van der Waals surface area contributed by atoms with Gasteiger partial charge in [-0.25, -0.2) is 4.79 Å². The van der Waals surface area contributed by atoms with Crippen LogP contribution >= 0.6 is 0 Å². The van der Waals surface area contributed by atoms with Crippen LogP contribution in [0.5, 0.6) is 0 Å². The number of carbonyl (C=O) groups excluding carboxylic acids is 2. The van der Waals surface area contributed by atoms with Gasteiger partial charge in [0.1, 0.15) is 0 Å². The van der Waals surface area contributed by atoms with Crippen LogP contribution < -0.4 is 5.73 Å². The normalized spacial score (nSPS) is 10.4. The Bertz CT molecular complexity index is 901. The molecular formula is C17H15N5O3. The molecule has 0 aliphatic heterocycles. The maximum Gasteiger partial charge on any atom is 0.337 e. The van der Waals surface area contributed by atoms with Gasteiger partial charge in [-0.1, -0.05) is 24.3 Å². The zero-order valence-corrected chi connectivity index (χ0v) is 13.4. The monoisotopic (exact) mass is 337 g/mol. The highest BCUT2D eigenvalue weighted by molar-refractivity contribution is 5.93. The summed E-state index contributed by atoms with van der Waals surface area (Å²) < 4.78 is 4.66. The number of nitrogens with zero attached hydrogens (tertiary/aromatic N) is 4. The molecular weight excluding hydrogens is 322 g/mol. The number of amides is 1. The van der Waals surface area contributed by atoms with E-state index in [-0.39, 0.29) is 5.97 Å². The molecule has 8 heteroatoms. The Balaban J connectivity index is 1.73. The van der Waals surface area contributed by atoms with Gasteiger partial charge in [0, 0.05) is 11.1 Å². The standard InChI is InChI=1S/C17H15N5O3/c1-25-17(24)14-4-2-11(3-5-14)10-22-20-16(19-21-22)13-8-6-12(7-9-13)15(18)23/h2-9H,10H2,1H3,(H2,18,23). The van der Waals surface area contributed by atoms with E-state index >= 15 is 0 Å². The van der Waals surface area contributed by atoms with Crippen LogP contribution in [-0.4, -0.2) is 39.2 Å². The van der Waals surface area contributed by atoms with Crippen LogP contribution in [-0.2, 0) is 11.3 Å². The fourth-order valence-electron chi connectivity index (χ4n) is 2.24. The second kappa shape index (κ2) is 6.91. The highest BCUT2D eigenvalue weighted by Gasteiger charge is 2.09. The SMILES string of the molecule is COC(=O)c1ccc(Cn2nnc(-c3ccc(C(N)=O)cc3)n2)cc1. The smallest absolute Gasteiger partial charge is 0.337 e. The Hall–Kier alpha value is -3.55. The summed E-state index contributed by atoms with van der Waals surface area (Å²) in [6.07, 6.45) is 0. The fraction of sp³-hybridized carbons (Fsp3) is 0.118. The first-order valence-electron chi connectivity index (χ1n) is 7.42. The summed E-state index contributed by atoms with van der Waals surface area (Å²) in [5.41, 5.74) is 7.76. The number of primary amides is 1. The quantitative estimate of drug-likeness (QED) is 0.702. The molecule has 126 valence electrons. The number of esters is 1. The van der Waals surface area contributed by atoms with E-state index in [1.54, 1.807) is 48.5 Å². The van der Waals surface area contributed by atoms with Gasteiger partial charge in [-0.2, -0.15) is 4.80 Å². The van der Waals surface area contributed by atoms with Crippen LogP contribution in [0.2, 0.25) is 0 Å². The summed E-state index contributed by atoms with van der Waals surface area (Å²) in [4.78, 5) is 24.0. The number of benzene rings is 2. The number of carbonyl (C=O) groups is 2. The van der Waals surface area contributed by atoms with E-state index in [0.29, 0.717) is 23.5 Å². The number of hydrogen-bond acceptors (Lipinski definition) is 6. The molecule has 0 spiro atoms. The predicted molar refractivity (Wildman–Crippen MR) is 88.7 cm³/mol. The van der Waals surface area contributed by atoms with Gasteiger partial charge in [0.2, 0.25) is 11.7 Å². The highest BCUT2D eigenvalue weighted by atomic mass is 16.5. The van der Waals surface area contributed by atoms with Gasteiger partial charge in [0.05, 0.1) is 19.2 Å². The largest absolute Gasteiger partial charge is 0.465 e. The Labute approximate surface area is 143 Å². The van der Waals surface area contributed by atoms with E-state index in [1.807, 2.05) is 0 Å². The third-order valence-electron chi connectivity index (χ3n) is 3.58. The van der Waals surface area contributed by atoms with Gasteiger partial charge in [-0.05, 0) is 35.0 Å². The molecule has 0 saturated carbocycles. The van der Waals surface area contributed by atoms with Crippen LogP contribution in [0.25, 0.3) is 11.4 Å². The number of ether oxygens (including phenoxy) is 1. The molecule has 0 aliphatic carbocycles. The second-order valence-corrected chi connectivity index (χ2v) is 5.27.